The molecule has 0 aliphatic heterocycles. The van der Waals surface area contributed by atoms with Crippen LogP contribution in [0.25, 0.3) is 22.3 Å². The van der Waals surface area contributed by atoms with E-state index in [-0.39, 0.29) is 22.6 Å². The molecule has 0 heterocycles. The third-order valence-corrected chi connectivity index (χ3v) is 8.58. The molecule has 4 aromatic carbocycles. The lowest BCUT2D eigenvalue weighted by molar-refractivity contribution is -0.275. The van der Waals surface area contributed by atoms with Crippen LogP contribution < -0.4 is 9.47 Å². The summed E-state index contributed by atoms with van der Waals surface area (Å²) in [5.41, 5.74) is -2.20. The van der Waals surface area contributed by atoms with Gasteiger partial charge < -0.3 is 9.47 Å². The smallest absolute Gasteiger partial charge is 0.429 e. The molecule has 1 fully saturated rings. The molecule has 48 heavy (non-hydrogen) atoms. The molecule has 0 aromatic heterocycles. The number of alkyl halides is 5. The Labute approximate surface area is 270 Å². The lowest BCUT2D eigenvalue weighted by Crippen LogP contribution is -2.25. The highest BCUT2D eigenvalue weighted by atomic mass is 19.4. The summed E-state index contributed by atoms with van der Waals surface area (Å²) in [6, 6.07) is 9.59. The van der Waals surface area contributed by atoms with Crippen LogP contribution in [0.3, 0.4) is 0 Å². The molecule has 1 aliphatic rings. The number of hydrogen-bond acceptors (Lipinski definition) is 2. The van der Waals surface area contributed by atoms with Crippen LogP contribution >= 0.6 is 0 Å². The summed E-state index contributed by atoms with van der Waals surface area (Å²) < 4.78 is 149. The van der Waals surface area contributed by atoms with Crippen molar-refractivity contribution >= 4 is 0 Å². The third-order valence-electron chi connectivity index (χ3n) is 8.58. The fraction of sp³-hybridized carbons (Fsp3) is 0.333. The minimum absolute atomic E-state index is 0.150. The van der Waals surface area contributed by atoms with Crippen molar-refractivity contribution in [3.05, 3.63) is 107 Å². The first-order valence-electron chi connectivity index (χ1n) is 15.4. The summed E-state index contributed by atoms with van der Waals surface area (Å²) in [6.07, 6.45) is -2.48. The number of benzene rings is 4. The van der Waals surface area contributed by atoms with Crippen molar-refractivity contribution in [2.24, 2.45) is 5.92 Å². The lowest BCUT2D eigenvalue weighted by atomic mass is 9.77. The van der Waals surface area contributed by atoms with E-state index in [1.807, 2.05) is 0 Å². The summed E-state index contributed by atoms with van der Waals surface area (Å²) in [5, 5.41) is 0. The van der Waals surface area contributed by atoms with Gasteiger partial charge in [0, 0.05) is 17.2 Å². The molecule has 0 saturated heterocycles. The fourth-order valence-electron chi connectivity index (χ4n) is 6.17. The second kappa shape index (κ2) is 14.1. The molecule has 0 atom stereocenters. The first-order valence-corrected chi connectivity index (χ1v) is 15.4. The Balaban J connectivity index is 1.31. The van der Waals surface area contributed by atoms with Crippen LogP contribution in [0, 0.1) is 35.0 Å². The minimum atomic E-state index is -5.18. The molecule has 1 saturated carbocycles. The van der Waals surface area contributed by atoms with Crippen molar-refractivity contribution in [1.82, 2.24) is 0 Å². The molecule has 0 amide bonds. The van der Waals surface area contributed by atoms with E-state index < -0.39 is 64.2 Å². The minimum Gasteiger partial charge on any atom is -0.429 e. The molecule has 0 bridgehead atoms. The van der Waals surface area contributed by atoms with Crippen LogP contribution in [0.4, 0.5) is 43.9 Å². The van der Waals surface area contributed by atoms with Gasteiger partial charge in [-0.05, 0) is 96.7 Å². The first kappa shape index (κ1) is 35.1. The van der Waals surface area contributed by atoms with Crippen molar-refractivity contribution in [2.45, 2.75) is 70.3 Å². The van der Waals surface area contributed by atoms with E-state index in [4.69, 9.17) is 0 Å². The molecule has 0 unspecified atom stereocenters. The van der Waals surface area contributed by atoms with Gasteiger partial charge in [0.15, 0.2) is 11.6 Å². The summed E-state index contributed by atoms with van der Waals surface area (Å²) in [6.45, 7) is 2.15. The maximum atomic E-state index is 15.2. The molecule has 5 rings (SSSR count). The van der Waals surface area contributed by atoms with Crippen molar-refractivity contribution in [2.75, 3.05) is 0 Å². The Morgan fingerprint density at radius 2 is 1.23 bits per heavy atom. The van der Waals surface area contributed by atoms with Gasteiger partial charge in [0.05, 0.1) is 0 Å². The predicted octanol–water partition coefficient (Wildman–Crippen LogP) is 12.2. The highest BCUT2D eigenvalue weighted by Gasteiger charge is 2.41. The first-order chi connectivity index (χ1) is 22.6. The topological polar surface area (TPSA) is 18.5 Å². The summed E-state index contributed by atoms with van der Waals surface area (Å²) >= 11 is 0. The maximum Gasteiger partial charge on any atom is 0.573 e. The second-order valence-electron chi connectivity index (χ2n) is 11.9. The molecule has 12 heteroatoms. The Bertz CT molecular complexity index is 1740. The molecule has 0 spiro atoms. The van der Waals surface area contributed by atoms with Crippen LogP contribution in [-0.4, -0.2) is 6.36 Å². The maximum absolute atomic E-state index is 15.2. The zero-order valence-electron chi connectivity index (χ0n) is 25.6. The van der Waals surface area contributed by atoms with Crippen molar-refractivity contribution in [3.63, 3.8) is 0 Å². The molecule has 1 aliphatic carbocycles. The van der Waals surface area contributed by atoms with Gasteiger partial charge >= 0.3 is 12.5 Å². The molecule has 256 valence electrons. The van der Waals surface area contributed by atoms with E-state index >= 15 is 22.0 Å². The number of hydrogen-bond donors (Lipinski definition) is 0. The van der Waals surface area contributed by atoms with E-state index in [2.05, 4.69) is 16.4 Å². The average molecular weight is 685 g/mol. The van der Waals surface area contributed by atoms with Gasteiger partial charge in [-0.25, -0.2) is 22.0 Å². The van der Waals surface area contributed by atoms with Crippen LogP contribution in [0.5, 0.6) is 11.5 Å². The average Bonchev–Trinajstić information content (AvgIpc) is 3.00. The normalized spacial score (nSPS) is 17.0. The van der Waals surface area contributed by atoms with Crippen LogP contribution in [0.1, 0.15) is 68.9 Å². The van der Waals surface area contributed by atoms with Gasteiger partial charge in [-0.1, -0.05) is 44.4 Å². The predicted molar refractivity (Wildman–Crippen MR) is 159 cm³/mol. The second-order valence-corrected chi connectivity index (χ2v) is 11.9. The number of halogens is 10. The Kier molecular flexibility index (Phi) is 10.3. The summed E-state index contributed by atoms with van der Waals surface area (Å²) in [7, 11) is 0. The number of rotatable bonds is 10. The highest BCUT2D eigenvalue weighted by molar-refractivity contribution is 5.67. The quantitative estimate of drug-likeness (QED) is 0.155. The molecule has 0 N–H and O–H groups in total. The SMILES string of the molecule is CCCCC1CCC(c2ccc(-c3cc(F)c(C(F)(F)Oc4ccc(-c5ccc(OC(F)(F)F)c(F)c5)c(F)c4)c(F)c3)c(F)c2)CC1. The molecule has 4 aromatic rings. The van der Waals surface area contributed by atoms with E-state index in [0.29, 0.717) is 36.2 Å². The Hall–Kier alpha value is -4.22. The molecular formula is C36H30F10O2. The van der Waals surface area contributed by atoms with Gasteiger partial charge in [0.1, 0.15) is 34.6 Å². The van der Waals surface area contributed by atoms with Gasteiger partial charge in [0.2, 0.25) is 0 Å². The third kappa shape index (κ3) is 8.07. The van der Waals surface area contributed by atoms with Gasteiger partial charge in [-0.3, -0.25) is 0 Å². The van der Waals surface area contributed by atoms with Crippen molar-refractivity contribution in [1.29, 1.82) is 0 Å². The number of unbranched alkanes of at least 4 members (excludes halogenated alkanes) is 1. The number of ether oxygens (including phenoxy) is 2. The van der Waals surface area contributed by atoms with Crippen LogP contribution in [-0.2, 0) is 6.11 Å². The largest absolute Gasteiger partial charge is 0.573 e. The Morgan fingerprint density at radius 3 is 1.81 bits per heavy atom. The summed E-state index contributed by atoms with van der Waals surface area (Å²) in [5.74, 6) is -8.20. The van der Waals surface area contributed by atoms with E-state index in [9.17, 15) is 22.0 Å². The van der Waals surface area contributed by atoms with E-state index in [1.54, 1.807) is 6.07 Å². The zero-order valence-corrected chi connectivity index (χ0v) is 25.6. The highest BCUT2D eigenvalue weighted by Crippen LogP contribution is 2.41. The van der Waals surface area contributed by atoms with Crippen molar-refractivity contribution < 1.29 is 53.4 Å². The summed E-state index contributed by atoms with van der Waals surface area (Å²) in [4.78, 5) is 0. The van der Waals surface area contributed by atoms with E-state index in [0.717, 1.165) is 55.9 Å². The molecule has 2 nitrogen and oxygen atoms in total. The monoisotopic (exact) mass is 684 g/mol. The van der Waals surface area contributed by atoms with Crippen LogP contribution in [0.15, 0.2) is 66.7 Å². The fourth-order valence-corrected chi connectivity index (χ4v) is 6.17. The zero-order chi connectivity index (χ0) is 34.8. The molecule has 0 radical (unpaired) electrons. The standard InChI is InChI=1S/C36H30F10O2/c1-2-3-4-20-5-7-21(8-6-20)22-9-12-27(28(37)15-22)24-17-31(40)34(32(41)18-24)35(42,43)47-25-11-13-26(29(38)19-25)23-10-14-33(30(39)16-23)48-36(44,45)46/h9-21H,2-8H2,1H3. The van der Waals surface area contributed by atoms with Gasteiger partial charge in [-0.2, -0.15) is 8.78 Å². The lowest BCUT2D eigenvalue weighted by Gasteiger charge is -2.29. The van der Waals surface area contributed by atoms with Crippen LogP contribution in [0.2, 0.25) is 0 Å². The molecular weight excluding hydrogens is 654 g/mol. The van der Waals surface area contributed by atoms with Gasteiger partial charge in [0.25, 0.3) is 0 Å². The Morgan fingerprint density at radius 1 is 0.625 bits per heavy atom. The van der Waals surface area contributed by atoms with Crippen molar-refractivity contribution in [3.8, 4) is 33.8 Å². The van der Waals surface area contributed by atoms with Gasteiger partial charge in [-0.15, -0.1) is 13.2 Å². The van der Waals surface area contributed by atoms with E-state index in [1.165, 1.54) is 25.0 Å².